The SMILES string of the molecule is CN(C)Cc1ccccc1/C=C/C(=O)c1ccc(F)cc1F. The van der Waals surface area contributed by atoms with Crippen LogP contribution in [0.15, 0.2) is 48.5 Å². The van der Waals surface area contributed by atoms with Gasteiger partial charge in [-0.25, -0.2) is 8.78 Å². The molecule has 0 saturated carbocycles. The van der Waals surface area contributed by atoms with Gasteiger partial charge in [0.2, 0.25) is 0 Å². The van der Waals surface area contributed by atoms with Gasteiger partial charge in [0.25, 0.3) is 0 Å². The molecule has 2 nitrogen and oxygen atoms in total. The molecule has 0 fully saturated rings. The van der Waals surface area contributed by atoms with Crippen molar-refractivity contribution in [2.45, 2.75) is 6.54 Å². The van der Waals surface area contributed by atoms with Crippen LogP contribution >= 0.6 is 0 Å². The van der Waals surface area contributed by atoms with Crippen LogP contribution in [0.3, 0.4) is 0 Å². The number of benzene rings is 2. The highest BCUT2D eigenvalue weighted by atomic mass is 19.1. The summed E-state index contributed by atoms with van der Waals surface area (Å²) >= 11 is 0. The highest BCUT2D eigenvalue weighted by Crippen LogP contribution is 2.15. The number of rotatable bonds is 5. The maximum Gasteiger partial charge on any atom is 0.188 e. The van der Waals surface area contributed by atoms with E-state index in [0.29, 0.717) is 6.07 Å². The number of hydrogen-bond acceptors (Lipinski definition) is 2. The summed E-state index contributed by atoms with van der Waals surface area (Å²) < 4.78 is 26.4. The second-order valence-corrected chi connectivity index (χ2v) is 5.26. The van der Waals surface area contributed by atoms with Gasteiger partial charge in [0, 0.05) is 12.6 Å². The fourth-order valence-electron chi connectivity index (χ4n) is 2.13. The van der Waals surface area contributed by atoms with Gasteiger partial charge in [0.1, 0.15) is 11.6 Å². The van der Waals surface area contributed by atoms with Crippen molar-refractivity contribution in [2.24, 2.45) is 0 Å². The molecule has 4 heteroatoms. The fraction of sp³-hybridized carbons (Fsp3) is 0.167. The molecule has 0 heterocycles. The van der Waals surface area contributed by atoms with Crippen molar-refractivity contribution < 1.29 is 13.6 Å². The van der Waals surface area contributed by atoms with Crippen LogP contribution in [-0.2, 0) is 6.54 Å². The number of carbonyl (C=O) groups is 1. The first-order valence-electron chi connectivity index (χ1n) is 6.87. The molecule has 0 spiro atoms. The van der Waals surface area contributed by atoms with Crippen LogP contribution in [0.4, 0.5) is 8.78 Å². The Morgan fingerprint density at radius 1 is 1.14 bits per heavy atom. The van der Waals surface area contributed by atoms with Gasteiger partial charge in [-0.3, -0.25) is 4.79 Å². The fourth-order valence-corrected chi connectivity index (χ4v) is 2.13. The first kappa shape index (κ1) is 16.0. The van der Waals surface area contributed by atoms with Gasteiger partial charge in [0.15, 0.2) is 5.78 Å². The van der Waals surface area contributed by atoms with Crippen molar-refractivity contribution in [2.75, 3.05) is 14.1 Å². The number of hydrogen-bond donors (Lipinski definition) is 0. The molecule has 0 atom stereocenters. The highest BCUT2D eigenvalue weighted by Gasteiger charge is 2.10. The molecular weight excluding hydrogens is 284 g/mol. The Balaban J connectivity index is 2.23. The Hall–Kier alpha value is -2.33. The zero-order valence-electron chi connectivity index (χ0n) is 12.5. The van der Waals surface area contributed by atoms with Crippen molar-refractivity contribution in [3.8, 4) is 0 Å². The zero-order chi connectivity index (χ0) is 16.1. The quantitative estimate of drug-likeness (QED) is 0.616. The molecule has 2 rings (SSSR count). The molecule has 0 radical (unpaired) electrons. The summed E-state index contributed by atoms with van der Waals surface area (Å²) in [5, 5.41) is 0. The predicted octanol–water partition coefficient (Wildman–Crippen LogP) is 3.92. The van der Waals surface area contributed by atoms with Gasteiger partial charge in [-0.15, -0.1) is 0 Å². The van der Waals surface area contributed by atoms with E-state index in [-0.39, 0.29) is 5.56 Å². The van der Waals surface area contributed by atoms with Crippen molar-refractivity contribution in [1.82, 2.24) is 4.90 Å². The van der Waals surface area contributed by atoms with E-state index in [0.717, 1.165) is 29.8 Å². The maximum absolute atomic E-state index is 13.6. The number of halogens is 2. The Morgan fingerprint density at radius 2 is 1.86 bits per heavy atom. The summed E-state index contributed by atoms with van der Waals surface area (Å²) in [6.45, 7) is 0.736. The number of nitrogens with zero attached hydrogens (tertiary/aromatic N) is 1. The average molecular weight is 301 g/mol. The molecule has 2 aromatic carbocycles. The zero-order valence-corrected chi connectivity index (χ0v) is 12.5. The normalized spacial score (nSPS) is 11.3. The Labute approximate surface area is 128 Å². The van der Waals surface area contributed by atoms with Crippen molar-refractivity contribution >= 4 is 11.9 Å². The Kier molecular flexibility index (Phi) is 5.17. The van der Waals surface area contributed by atoms with Crippen molar-refractivity contribution in [3.05, 3.63) is 76.9 Å². The van der Waals surface area contributed by atoms with Crippen molar-refractivity contribution in [1.29, 1.82) is 0 Å². The third kappa shape index (κ3) is 4.09. The minimum Gasteiger partial charge on any atom is -0.305 e. The molecule has 0 amide bonds. The Morgan fingerprint density at radius 3 is 2.55 bits per heavy atom. The first-order chi connectivity index (χ1) is 10.5. The number of allylic oxidation sites excluding steroid dienone is 1. The summed E-state index contributed by atoms with van der Waals surface area (Å²) in [7, 11) is 3.92. The summed E-state index contributed by atoms with van der Waals surface area (Å²) in [5.41, 5.74) is 1.82. The molecule has 0 aliphatic rings. The lowest BCUT2D eigenvalue weighted by Crippen LogP contribution is -2.11. The molecular formula is C18H17F2NO. The molecule has 0 aromatic heterocycles. The van der Waals surface area contributed by atoms with E-state index >= 15 is 0 Å². The largest absolute Gasteiger partial charge is 0.305 e. The van der Waals surface area contributed by atoms with Gasteiger partial charge >= 0.3 is 0 Å². The molecule has 0 N–H and O–H groups in total. The second-order valence-electron chi connectivity index (χ2n) is 5.26. The van der Waals surface area contributed by atoms with E-state index in [4.69, 9.17) is 0 Å². The van der Waals surface area contributed by atoms with Gasteiger partial charge in [-0.1, -0.05) is 30.3 Å². The molecule has 0 bridgehead atoms. The van der Waals surface area contributed by atoms with Crippen LogP contribution in [-0.4, -0.2) is 24.8 Å². The molecule has 114 valence electrons. The monoisotopic (exact) mass is 301 g/mol. The average Bonchev–Trinajstić information content (AvgIpc) is 2.45. The van der Waals surface area contributed by atoms with Gasteiger partial charge in [0.05, 0.1) is 5.56 Å². The predicted molar refractivity (Wildman–Crippen MR) is 83.6 cm³/mol. The molecule has 0 aliphatic carbocycles. The lowest BCUT2D eigenvalue weighted by atomic mass is 10.0. The molecule has 0 saturated heterocycles. The van der Waals surface area contributed by atoms with Gasteiger partial charge in [-0.2, -0.15) is 0 Å². The van der Waals surface area contributed by atoms with Crippen LogP contribution in [0.1, 0.15) is 21.5 Å². The van der Waals surface area contributed by atoms with Gasteiger partial charge < -0.3 is 4.90 Å². The number of carbonyl (C=O) groups excluding carboxylic acids is 1. The standard InChI is InChI=1S/C18H17F2NO/c1-21(2)12-14-6-4-3-5-13(14)7-10-18(22)16-9-8-15(19)11-17(16)20/h3-11H,12H2,1-2H3/b10-7+. The second kappa shape index (κ2) is 7.09. The summed E-state index contributed by atoms with van der Waals surface area (Å²) in [6, 6.07) is 10.6. The van der Waals surface area contributed by atoms with Crippen LogP contribution in [0, 0.1) is 11.6 Å². The van der Waals surface area contributed by atoms with E-state index in [2.05, 4.69) is 0 Å². The first-order valence-corrected chi connectivity index (χ1v) is 6.87. The molecule has 0 aliphatic heterocycles. The molecule has 22 heavy (non-hydrogen) atoms. The highest BCUT2D eigenvalue weighted by molar-refractivity contribution is 6.07. The number of ketones is 1. The molecule has 0 unspecified atom stereocenters. The third-order valence-electron chi connectivity index (χ3n) is 3.15. The smallest absolute Gasteiger partial charge is 0.188 e. The van der Waals surface area contributed by atoms with Crippen LogP contribution in [0.25, 0.3) is 6.08 Å². The molecule has 2 aromatic rings. The van der Waals surface area contributed by atoms with E-state index in [1.165, 1.54) is 6.08 Å². The van der Waals surface area contributed by atoms with E-state index < -0.39 is 17.4 Å². The lowest BCUT2D eigenvalue weighted by Gasteiger charge is -2.11. The minimum absolute atomic E-state index is 0.136. The Bertz CT molecular complexity index is 708. The van der Waals surface area contributed by atoms with Crippen LogP contribution < -0.4 is 0 Å². The summed E-state index contributed by atoms with van der Waals surface area (Å²) in [4.78, 5) is 14.0. The third-order valence-corrected chi connectivity index (χ3v) is 3.15. The maximum atomic E-state index is 13.6. The van der Waals surface area contributed by atoms with Crippen LogP contribution in [0.5, 0.6) is 0 Å². The summed E-state index contributed by atoms with van der Waals surface area (Å²) in [6.07, 6.45) is 2.97. The van der Waals surface area contributed by atoms with E-state index in [1.807, 2.05) is 43.3 Å². The summed E-state index contributed by atoms with van der Waals surface area (Å²) in [5.74, 6) is -2.04. The topological polar surface area (TPSA) is 20.3 Å². The minimum atomic E-state index is -0.851. The van der Waals surface area contributed by atoms with E-state index in [1.54, 1.807) is 6.08 Å². The van der Waals surface area contributed by atoms with Crippen LogP contribution in [0.2, 0.25) is 0 Å². The van der Waals surface area contributed by atoms with Crippen molar-refractivity contribution in [3.63, 3.8) is 0 Å². The lowest BCUT2D eigenvalue weighted by molar-refractivity contribution is 0.104. The van der Waals surface area contributed by atoms with E-state index in [9.17, 15) is 13.6 Å². The van der Waals surface area contributed by atoms with Gasteiger partial charge in [-0.05, 0) is 43.4 Å².